The summed E-state index contributed by atoms with van der Waals surface area (Å²) in [5.41, 5.74) is 5.38. The van der Waals surface area contributed by atoms with Crippen LogP contribution < -0.4 is 5.32 Å². The van der Waals surface area contributed by atoms with Crippen LogP contribution in [0.1, 0.15) is 55.3 Å². The van der Waals surface area contributed by atoms with Gasteiger partial charge >= 0.3 is 0 Å². The summed E-state index contributed by atoms with van der Waals surface area (Å²) in [5.74, 6) is 0.481. The van der Waals surface area contributed by atoms with Crippen molar-refractivity contribution in [2.45, 2.75) is 64.6 Å². The van der Waals surface area contributed by atoms with Crippen LogP contribution in [-0.2, 0) is 17.9 Å². The topological polar surface area (TPSA) is 37.3 Å². The summed E-state index contributed by atoms with van der Waals surface area (Å²) in [6.07, 6.45) is 6.79. The van der Waals surface area contributed by atoms with E-state index in [0.717, 1.165) is 51.9 Å². The third-order valence-corrected chi connectivity index (χ3v) is 7.53. The summed E-state index contributed by atoms with van der Waals surface area (Å²) in [4.78, 5) is 15.2. The number of aryl methyl sites for hydroxylation is 1. The normalized spacial score (nSPS) is 18.4. The Morgan fingerprint density at radius 1 is 0.938 bits per heavy atom. The van der Waals surface area contributed by atoms with Crippen molar-refractivity contribution in [3.05, 3.63) is 71.4 Å². The van der Waals surface area contributed by atoms with E-state index in [-0.39, 0.29) is 5.92 Å². The molecule has 4 nitrogen and oxygen atoms in total. The zero-order valence-electron chi connectivity index (χ0n) is 19.2. The molecule has 2 aromatic carbocycles. The second-order valence-corrected chi connectivity index (χ2v) is 9.75. The van der Waals surface area contributed by atoms with Gasteiger partial charge in [-0.3, -0.25) is 9.69 Å². The van der Waals surface area contributed by atoms with E-state index in [1.807, 2.05) is 0 Å². The van der Waals surface area contributed by atoms with Crippen molar-refractivity contribution in [2.24, 2.45) is 5.92 Å². The second-order valence-electron chi connectivity index (χ2n) is 9.75. The van der Waals surface area contributed by atoms with Gasteiger partial charge in [-0.15, -0.1) is 0 Å². The lowest BCUT2D eigenvalue weighted by molar-refractivity contribution is -0.127. The third-order valence-electron chi connectivity index (χ3n) is 7.53. The molecule has 32 heavy (non-hydrogen) atoms. The van der Waals surface area contributed by atoms with E-state index in [2.05, 4.69) is 76.3 Å². The van der Waals surface area contributed by atoms with E-state index >= 15 is 0 Å². The minimum Gasteiger partial charge on any atom is -0.353 e. The van der Waals surface area contributed by atoms with Crippen molar-refractivity contribution < 1.29 is 4.79 Å². The van der Waals surface area contributed by atoms with Crippen LogP contribution in [0.3, 0.4) is 0 Å². The SMILES string of the molecule is Cc1ccccc1Cn1c(CN2CCC(C(=O)NC3CCCC3)CC2)cc2ccccc21. The Labute approximate surface area is 191 Å². The molecule has 1 aliphatic heterocycles. The molecule has 0 spiro atoms. The van der Waals surface area contributed by atoms with Gasteiger partial charge in [-0.1, -0.05) is 55.3 Å². The van der Waals surface area contributed by atoms with Crippen molar-refractivity contribution in [1.82, 2.24) is 14.8 Å². The third kappa shape index (κ3) is 4.61. The number of piperidine rings is 1. The zero-order chi connectivity index (χ0) is 21.9. The summed E-state index contributed by atoms with van der Waals surface area (Å²) in [5, 5.41) is 4.62. The molecular weight excluding hydrogens is 394 g/mol. The highest BCUT2D eigenvalue weighted by molar-refractivity contribution is 5.81. The maximum Gasteiger partial charge on any atom is 0.223 e. The fraction of sp³-hybridized carbons (Fsp3) is 0.464. The van der Waals surface area contributed by atoms with Gasteiger partial charge in [0.15, 0.2) is 0 Å². The number of nitrogens with zero attached hydrogens (tertiary/aromatic N) is 2. The van der Waals surface area contributed by atoms with E-state index in [4.69, 9.17) is 0 Å². The second kappa shape index (κ2) is 9.50. The van der Waals surface area contributed by atoms with E-state index in [0.29, 0.717) is 11.9 Å². The highest BCUT2D eigenvalue weighted by Crippen LogP contribution is 2.26. The van der Waals surface area contributed by atoms with Gasteiger partial charge in [-0.2, -0.15) is 0 Å². The van der Waals surface area contributed by atoms with Gasteiger partial charge in [0.2, 0.25) is 5.91 Å². The molecule has 3 aromatic rings. The molecular formula is C28H35N3O. The number of hydrogen-bond acceptors (Lipinski definition) is 2. The number of aromatic nitrogens is 1. The molecule has 1 amide bonds. The lowest BCUT2D eigenvalue weighted by Crippen LogP contribution is -2.43. The van der Waals surface area contributed by atoms with Crippen LogP contribution in [0.5, 0.6) is 0 Å². The molecule has 1 aliphatic carbocycles. The maximum absolute atomic E-state index is 12.7. The fourth-order valence-electron chi connectivity index (χ4n) is 5.51. The van der Waals surface area contributed by atoms with Crippen LogP contribution in [0.4, 0.5) is 0 Å². The van der Waals surface area contributed by atoms with Gasteiger partial charge in [0.05, 0.1) is 0 Å². The molecule has 2 fully saturated rings. The lowest BCUT2D eigenvalue weighted by Gasteiger charge is -2.32. The Bertz CT molecular complexity index is 1070. The summed E-state index contributed by atoms with van der Waals surface area (Å²) in [7, 11) is 0. The summed E-state index contributed by atoms with van der Waals surface area (Å²) in [6.45, 7) is 6.03. The Balaban J connectivity index is 1.27. The number of carbonyl (C=O) groups excluding carboxylic acids is 1. The van der Waals surface area contributed by atoms with Crippen LogP contribution in [0, 0.1) is 12.8 Å². The molecule has 1 saturated carbocycles. The first-order chi connectivity index (χ1) is 15.7. The van der Waals surface area contributed by atoms with E-state index < -0.39 is 0 Å². The Kier molecular flexibility index (Phi) is 6.31. The van der Waals surface area contributed by atoms with Crippen molar-refractivity contribution in [3.8, 4) is 0 Å². The molecule has 2 aliphatic rings. The summed E-state index contributed by atoms with van der Waals surface area (Å²) < 4.78 is 2.48. The molecule has 0 radical (unpaired) electrons. The predicted molar refractivity (Wildman–Crippen MR) is 131 cm³/mol. The Morgan fingerprint density at radius 2 is 1.66 bits per heavy atom. The number of para-hydroxylation sites is 1. The van der Waals surface area contributed by atoms with Gasteiger partial charge in [-0.05, 0) is 74.3 Å². The Morgan fingerprint density at radius 3 is 2.44 bits per heavy atom. The predicted octanol–water partition coefficient (Wildman–Crippen LogP) is 5.27. The first-order valence-corrected chi connectivity index (χ1v) is 12.3. The molecule has 4 heteroatoms. The van der Waals surface area contributed by atoms with E-state index in [1.165, 1.54) is 40.6 Å². The number of likely N-dealkylation sites (tertiary alicyclic amines) is 1. The first kappa shape index (κ1) is 21.3. The fourth-order valence-corrected chi connectivity index (χ4v) is 5.51. The Hall–Kier alpha value is -2.59. The molecule has 2 heterocycles. The van der Waals surface area contributed by atoms with Crippen molar-refractivity contribution in [3.63, 3.8) is 0 Å². The van der Waals surface area contributed by atoms with Crippen LogP contribution >= 0.6 is 0 Å². The van der Waals surface area contributed by atoms with Crippen molar-refractivity contribution in [1.29, 1.82) is 0 Å². The van der Waals surface area contributed by atoms with Crippen LogP contribution in [0.15, 0.2) is 54.6 Å². The summed E-state index contributed by atoms with van der Waals surface area (Å²) >= 11 is 0. The molecule has 1 aromatic heterocycles. The van der Waals surface area contributed by atoms with Crippen molar-refractivity contribution in [2.75, 3.05) is 13.1 Å². The van der Waals surface area contributed by atoms with E-state index in [9.17, 15) is 4.79 Å². The monoisotopic (exact) mass is 429 g/mol. The highest BCUT2D eigenvalue weighted by Gasteiger charge is 2.28. The average molecular weight is 430 g/mol. The molecule has 0 atom stereocenters. The molecule has 0 unspecified atom stereocenters. The zero-order valence-corrected chi connectivity index (χ0v) is 19.2. The lowest BCUT2D eigenvalue weighted by atomic mass is 9.95. The summed E-state index contributed by atoms with van der Waals surface area (Å²) in [6, 6.07) is 20.2. The number of rotatable bonds is 6. The van der Waals surface area contributed by atoms with Crippen LogP contribution in [0.25, 0.3) is 10.9 Å². The minimum atomic E-state index is 0.185. The number of amides is 1. The van der Waals surface area contributed by atoms with Gasteiger partial charge in [0.1, 0.15) is 0 Å². The van der Waals surface area contributed by atoms with Crippen molar-refractivity contribution >= 4 is 16.8 Å². The molecule has 1 N–H and O–H groups in total. The maximum atomic E-state index is 12.7. The highest BCUT2D eigenvalue weighted by atomic mass is 16.1. The molecule has 5 rings (SSSR count). The van der Waals surface area contributed by atoms with Gasteiger partial charge in [0.25, 0.3) is 0 Å². The number of carbonyl (C=O) groups is 1. The molecule has 0 bridgehead atoms. The number of fused-ring (bicyclic) bond motifs is 1. The quantitative estimate of drug-likeness (QED) is 0.580. The van der Waals surface area contributed by atoms with Crippen LogP contribution in [-0.4, -0.2) is 34.5 Å². The van der Waals surface area contributed by atoms with E-state index in [1.54, 1.807) is 0 Å². The first-order valence-electron chi connectivity index (χ1n) is 12.3. The average Bonchev–Trinajstić information content (AvgIpc) is 3.44. The minimum absolute atomic E-state index is 0.185. The smallest absolute Gasteiger partial charge is 0.223 e. The van der Waals surface area contributed by atoms with Crippen LogP contribution in [0.2, 0.25) is 0 Å². The molecule has 1 saturated heterocycles. The van der Waals surface area contributed by atoms with Gasteiger partial charge < -0.3 is 9.88 Å². The standard InChI is InChI=1S/C28H35N3O/c1-21-8-2-3-10-24(21)19-31-26(18-23-9-4-7-13-27(23)31)20-30-16-14-22(15-17-30)28(32)29-25-11-5-6-12-25/h2-4,7-10,13,18,22,25H,5-6,11-12,14-17,19-20H2,1H3,(H,29,32). The number of benzene rings is 2. The van der Waals surface area contributed by atoms with Gasteiger partial charge in [0, 0.05) is 36.3 Å². The molecule has 168 valence electrons. The number of nitrogens with one attached hydrogen (secondary N) is 1. The number of hydrogen-bond donors (Lipinski definition) is 1. The van der Waals surface area contributed by atoms with Gasteiger partial charge in [-0.25, -0.2) is 0 Å². The largest absolute Gasteiger partial charge is 0.353 e.